The Morgan fingerprint density at radius 3 is 2.60 bits per heavy atom. The number of aromatic nitrogens is 2. The largest absolute Gasteiger partial charge is 0.394 e. The first-order valence-corrected chi connectivity index (χ1v) is 11.8. The highest BCUT2D eigenvalue weighted by atomic mass is 16.3. The molecule has 1 unspecified atom stereocenters. The maximum Gasteiger partial charge on any atom is 0.271 e. The van der Waals surface area contributed by atoms with Crippen molar-refractivity contribution in [2.75, 3.05) is 35.2 Å². The van der Waals surface area contributed by atoms with E-state index in [9.17, 15) is 14.7 Å². The number of nitrogens with one attached hydrogen (secondary N) is 3. The molecule has 0 radical (unpaired) electrons. The number of piperidine rings is 1. The van der Waals surface area contributed by atoms with Gasteiger partial charge in [-0.25, -0.2) is 4.98 Å². The van der Waals surface area contributed by atoms with Crippen molar-refractivity contribution in [2.24, 2.45) is 0 Å². The molecule has 1 aromatic carbocycles. The fourth-order valence-corrected chi connectivity index (χ4v) is 4.07. The second-order valence-electron chi connectivity index (χ2n) is 8.81. The molecule has 0 bridgehead atoms. The lowest BCUT2D eigenvalue weighted by atomic mass is 10.1. The average Bonchev–Trinajstić information content (AvgIpc) is 2.89. The van der Waals surface area contributed by atoms with Crippen molar-refractivity contribution >= 4 is 23.1 Å². The van der Waals surface area contributed by atoms with E-state index in [0.717, 1.165) is 24.4 Å². The van der Waals surface area contributed by atoms with Gasteiger partial charge in [-0.15, -0.1) is 0 Å². The van der Waals surface area contributed by atoms with Gasteiger partial charge in [-0.05, 0) is 68.7 Å². The third-order valence-corrected chi connectivity index (χ3v) is 6.15. The first-order chi connectivity index (χ1) is 16.9. The summed E-state index contributed by atoms with van der Waals surface area (Å²) in [5.74, 6) is 0.212. The van der Waals surface area contributed by atoms with Gasteiger partial charge in [0.15, 0.2) is 0 Å². The Labute approximate surface area is 204 Å². The smallest absolute Gasteiger partial charge is 0.271 e. The van der Waals surface area contributed by atoms with Crippen LogP contribution in [0.2, 0.25) is 0 Å². The lowest BCUT2D eigenvalue weighted by Gasteiger charge is -2.28. The first kappa shape index (κ1) is 24.2. The minimum atomic E-state index is -0.399. The predicted molar refractivity (Wildman–Crippen MR) is 140 cm³/mol. The van der Waals surface area contributed by atoms with E-state index in [1.807, 2.05) is 25.1 Å². The van der Waals surface area contributed by atoms with E-state index in [0.29, 0.717) is 22.6 Å². The molecule has 3 heterocycles. The monoisotopic (exact) mass is 473 g/mol. The molecule has 4 N–H and O–H groups in total. The summed E-state index contributed by atoms with van der Waals surface area (Å²) in [6, 6.07) is 14.2. The molecule has 1 fully saturated rings. The van der Waals surface area contributed by atoms with E-state index in [1.165, 1.54) is 19.3 Å². The molecule has 35 heavy (non-hydrogen) atoms. The zero-order valence-electron chi connectivity index (χ0n) is 19.9. The van der Waals surface area contributed by atoms with E-state index < -0.39 is 5.56 Å². The normalized spacial score (nSPS) is 14.3. The van der Waals surface area contributed by atoms with Gasteiger partial charge in [-0.3, -0.25) is 9.59 Å². The zero-order valence-corrected chi connectivity index (χ0v) is 19.9. The van der Waals surface area contributed by atoms with Gasteiger partial charge in [0.25, 0.3) is 11.5 Å². The van der Waals surface area contributed by atoms with Crippen LogP contribution >= 0.6 is 0 Å². The Balaban J connectivity index is 1.50. The molecule has 1 amide bonds. The maximum atomic E-state index is 12.8. The van der Waals surface area contributed by atoms with Crippen LogP contribution < -0.4 is 21.1 Å². The maximum absolute atomic E-state index is 12.8. The number of aliphatic hydroxyl groups excluding tert-OH is 1. The summed E-state index contributed by atoms with van der Waals surface area (Å²) in [7, 11) is 0. The molecular weight excluding hydrogens is 442 g/mol. The first-order valence-electron chi connectivity index (χ1n) is 11.8. The van der Waals surface area contributed by atoms with Crippen LogP contribution in [0.25, 0.3) is 11.3 Å². The van der Waals surface area contributed by atoms with Gasteiger partial charge in [0.1, 0.15) is 11.5 Å². The van der Waals surface area contributed by atoms with Crippen LogP contribution in [0.5, 0.6) is 0 Å². The Morgan fingerprint density at radius 2 is 1.91 bits per heavy atom. The third kappa shape index (κ3) is 5.96. The van der Waals surface area contributed by atoms with Crippen molar-refractivity contribution in [2.45, 2.75) is 32.2 Å². The highest BCUT2D eigenvalue weighted by molar-refractivity contribution is 6.04. The summed E-state index contributed by atoms with van der Waals surface area (Å²) in [5.41, 5.74) is 3.36. The summed E-state index contributed by atoms with van der Waals surface area (Å²) in [4.78, 5) is 34.8. The van der Waals surface area contributed by atoms with Crippen LogP contribution in [-0.2, 0) is 0 Å². The van der Waals surface area contributed by atoms with Crippen molar-refractivity contribution < 1.29 is 9.90 Å². The standard InChI is InChI=1S/C27H31N5O3/c1-18(2)24(17-33)30-25-8-6-7-22(29-25)20-15-23(27(35)28-16-20)31-26(34)19-9-11-21(12-10-19)32-13-4-3-5-14-32/h6-12,15-16,24,33H,1,3-5,13-14,17H2,2H3,(H,28,35)(H,29,30)(H,31,34). The Bertz CT molecular complexity index is 1250. The van der Waals surface area contributed by atoms with Crippen LogP contribution in [0.4, 0.5) is 17.2 Å². The average molecular weight is 474 g/mol. The minimum absolute atomic E-state index is 0.102. The molecule has 1 aliphatic heterocycles. The fraction of sp³-hybridized carbons (Fsp3) is 0.296. The molecule has 1 aliphatic rings. The summed E-state index contributed by atoms with van der Waals surface area (Å²) in [6.07, 6.45) is 5.19. The SMILES string of the molecule is C=C(C)C(CO)Nc1cccc(-c2c[nH]c(=O)c(NC(=O)c3ccc(N4CCCCC4)cc3)c2)n1. The number of nitrogens with zero attached hydrogens (tertiary/aromatic N) is 2. The highest BCUT2D eigenvalue weighted by Gasteiger charge is 2.14. The van der Waals surface area contributed by atoms with Gasteiger partial charge < -0.3 is 25.6 Å². The van der Waals surface area contributed by atoms with Crippen LogP contribution in [0.15, 0.2) is 71.7 Å². The second-order valence-corrected chi connectivity index (χ2v) is 8.81. The summed E-state index contributed by atoms with van der Waals surface area (Å²) in [6.45, 7) is 7.67. The number of aromatic amines is 1. The number of benzene rings is 1. The highest BCUT2D eigenvalue weighted by Crippen LogP contribution is 2.22. The number of amides is 1. The number of anilines is 3. The molecule has 0 spiro atoms. The lowest BCUT2D eigenvalue weighted by molar-refractivity contribution is 0.102. The summed E-state index contributed by atoms with van der Waals surface area (Å²) >= 11 is 0. The minimum Gasteiger partial charge on any atom is -0.394 e. The number of aliphatic hydroxyl groups is 1. The molecule has 1 saturated heterocycles. The van der Waals surface area contributed by atoms with Crippen molar-refractivity contribution in [1.82, 2.24) is 9.97 Å². The lowest BCUT2D eigenvalue weighted by Crippen LogP contribution is -2.29. The van der Waals surface area contributed by atoms with Crippen molar-refractivity contribution in [1.29, 1.82) is 0 Å². The van der Waals surface area contributed by atoms with Crippen molar-refractivity contribution in [3.63, 3.8) is 0 Å². The number of hydrogen-bond donors (Lipinski definition) is 4. The van der Waals surface area contributed by atoms with E-state index in [-0.39, 0.29) is 24.2 Å². The van der Waals surface area contributed by atoms with Crippen LogP contribution in [0.1, 0.15) is 36.5 Å². The summed E-state index contributed by atoms with van der Waals surface area (Å²) in [5, 5.41) is 15.4. The van der Waals surface area contributed by atoms with Gasteiger partial charge >= 0.3 is 0 Å². The number of hydrogen-bond acceptors (Lipinski definition) is 6. The molecule has 182 valence electrons. The van der Waals surface area contributed by atoms with Crippen molar-refractivity contribution in [3.8, 4) is 11.3 Å². The molecular formula is C27H31N5O3. The van der Waals surface area contributed by atoms with E-state index in [2.05, 4.69) is 32.1 Å². The Hall–Kier alpha value is -3.91. The van der Waals surface area contributed by atoms with Crippen LogP contribution in [0.3, 0.4) is 0 Å². The number of rotatable bonds is 8. The predicted octanol–water partition coefficient (Wildman–Crippen LogP) is 4.03. The molecule has 0 aliphatic carbocycles. The second kappa shape index (κ2) is 11.0. The zero-order chi connectivity index (χ0) is 24.8. The topological polar surface area (TPSA) is 110 Å². The Morgan fingerprint density at radius 1 is 1.17 bits per heavy atom. The number of carbonyl (C=O) groups excluding carboxylic acids is 1. The molecule has 0 saturated carbocycles. The van der Waals surface area contributed by atoms with Gasteiger partial charge in [-0.1, -0.05) is 18.2 Å². The van der Waals surface area contributed by atoms with Crippen LogP contribution in [0, 0.1) is 0 Å². The number of pyridine rings is 2. The van der Waals surface area contributed by atoms with Gasteiger partial charge in [0, 0.05) is 36.1 Å². The fourth-order valence-electron chi connectivity index (χ4n) is 4.07. The number of H-pyrrole nitrogens is 1. The van der Waals surface area contributed by atoms with E-state index in [1.54, 1.807) is 36.5 Å². The number of carbonyl (C=O) groups is 1. The van der Waals surface area contributed by atoms with Crippen molar-refractivity contribution in [3.05, 3.63) is 82.8 Å². The quantitative estimate of drug-likeness (QED) is 0.368. The molecule has 1 atom stereocenters. The van der Waals surface area contributed by atoms with Crippen LogP contribution in [-0.4, -0.2) is 46.7 Å². The van der Waals surface area contributed by atoms with Gasteiger partial charge in [0.2, 0.25) is 0 Å². The van der Waals surface area contributed by atoms with E-state index in [4.69, 9.17) is 0 Å². The van der Waals surface area contributed by atoms with Gasteiger partial charge in [0.05, 0.1) is 18.3 Å². The van der Waals surface area contributed by atoms with E-state index >= 15 is 0 Å². The molecule has 4 rings (SSSR count). The Kier molecular flexibility index (Phi) is 7.62. The molecule has 3 aromatic rings. The molecule has 2 aromatic heterocycles. The molecule has 8 nitrogen and oxygen atoms in total. The molecule has 8 heteroatoms. The third-order valence-electron chi connectivity index (χ3n) is 6.15. The summed E-state index contributed by atoms with van der Waals surface area (Å²) < 4.78 is 0. The van der Waals surface area contributed by atoms with Gasteiger partial charge in [-0.2, -0.15) is 0 Å².